The molecule has 5 heteroatoms. The van der Waals surface area contributed by atoms with Gasteiger partial charge in [-0.25, -0.2) is 8.78 Å². The number of halogens is 4. The smallest absolute Gasteiger partial charge is 0.142 e. The molecule has 0 radical (unpaired) electrons. The molecule has 20 heavy (non-hydrogen) atoms. The summed E-state index contributed by atoms with van der Waals surface area (Å²) in [5.74, 6) is -0.846. The van der Waals surface area contributed by atoms with Crippen molar-refractivity contribution in [3.63, 3.8) is 0 Å². The van der Waals surface area contributed by atoms with Crippen LogP contribution in [0, 0.1) is 11.6 Å². The highest BCUT2D eigenvalue weighted by molar-refractivity contribution is 6.32. The van der Waals surface area contributed by atoms with Gasteiger partial charge in [0.05, 0.1) is 5.02 Å². The lowest BCUT2D eigenvalue weighted by molar-refractivity contribution is 0.580. The average molecular weight is 316 g/mol. The zero-order valence-corrected chi connectivity index (χ0v) is 12.3. The van der Waals surface area contributed by atoms with Crippen molar-refractivity contribution in [2.75, 3.05) is 7.05 Å². The lowest BCUT2D eigenvalue weighted by Crippen LogP contribution is -2.19. The summed E-state index contributed by atoms with van der Waals surface area (Å²) in [4.78, 5) is 0. The maximum atomic E-state index is 13.4. The van der Waals surface area contributed by atoms with Gasteiger partial charge in [0.15, 0.2) is 0 Å². The van der Waals surface area contributed by atoms with Gasteiger partial charge in [-0.2, -0.15) is 0 Å². The van der Waals surface area contributed by atoms with Crippen molar-refractivity contribution in [2.45, 2.75) is 12.5 Å². The highest BCUT2D eigenvalue weighted by atomic mass is 35.5. The molecule has 0 aliphatic heterocycles. The van der Waals surface area contributed by atoms with E-state index in [-0.39, 0.29) is 11.1 Å². The first-order chi connectivity index (χ1) is 9.52. The topological polar surface area (TPSA) is 12.0 Å². The molecule has 0 saturated heterocycles. The zero-order chi connectivity index (χ0) is 14.7. The Morgan fingerprint density at radius 1 is 1.15 bits per heavy atom. The first kappa shape index (κ1) is 15.2. The lowest BCUT2D eigenvalue weighted by atomic mass is 9.98. The number of nitrogens with one attached hydrogen (secondary N) is 1. The average Bonchev–Trinajstić information content (AvgIpc) is 2.41. The van der Waals surface area contributed by atoms with E-state index < -0.39 is 11.6 Å². The molecule has 1 unspecified atom stereocenters. The molecule has 0 amide bonds. The van der Waals surface area contributed by atoms with E-state index in [1.807, 2.05) is 0 Å². The molecule has 106 valence electrons. The molecule has 1 N–H and O–H groups in total. The van der Waals surface area contributed by atoms with Gasteiger partial charge in [0, 0.05) is 11.1 Å². The van der Waals surface area contributed by atoms with E-state index >= 15 is 0 Å². The van der Waals surface area contributed by atoms with Crippen LogP contribution < -0.4 is 5.32 Å². The van der Waals surface area contributed by atoms with Crippen LogP contribution in [0.5, 0.6) is 0 Å². The molecule has 2 aromatic carbocycles. The summed E-state index contributed by atoms with van der Waals surface area (Å²) in [5, 5.41) is 3.52. The van der Waals surface area contributed by atoms with Crippen LogP contribution in [0.15, 0.2) is 36.4 Å². The second kappa shape index (κ2) is 6.53. The van der Waals surface area contributed by atoms with Crippen LogP contribution in [-0.2, 0) is 6.42 Å². The lowest BCUT2D eigenvalue weighted by Gasteiger charge is -2.19. The van der Waals surface area contributed by atoms with Crippen LogP contribution in [0.25, 0.3) is 0 Å². The Balaban J connectivity index is 2.31. The second-order valence-corrected chi connectivity index (χ2v) is 5.21. The van der Waals surface area contributed by atoms with Gasteiger partial charge in [-0.15, -0.1) is 0 Å². The molecule has 1 nitrogen and oxygen atoms in total. The van der Waals surface area contributed by atoms with E-state index in [0.29, 0.717) is 17.0 Å². The minimum Gasteiger partial charge on any atom is -0.313 e. The van der Waals surface area contributed by atoms with E-state index in [1.165, 1.54) is 18.2 Å². The summed E-state index contributed by atoms with van der Waals surface area (Å²) in [7, 11) is 1.76. The Morgan fingerprint density at radius 2 is 1.90 bits per heavy atom. The van der Waals surface area contributed by atoms with Gasteiger partial charge < -0.3 is 5.32 Å². The standard InChI is InChI=1S/C15H13Cl2F2N/c1-20-14(11-6-5-10(18)8-12(11)16)7-9-3-2-4-13(19)15(9)17/h2-6,8,14,20H,7H2,1H3. The maximum absolute atomic E-state index is 13.4. The van der Waals surface area contributed by atoms with Crippen molar-refractivity contribution in [3.8, 4) is 0 Å². The summed E-state index contributed by atoms with van der Waals surface area (Å²) < 4.78 is 26.5. The number of hydrogen-bond acceptors (Lipinski definition) is 1. The van der Waals surface area contributed by atoms with Gasteiger partial charge in [0.25, 0.3) is 0 Å². The SMILES string of the molecule is CNC(Cc1cccc(F)c1Cl)c1ccc(F)cc1Cl. The van der Waals surface area contributed by atoms with Crippen LogP contribution in [0.2, 0.25) is 10.0 Å². The predicted octanol–water partition coefficient (Wildman–Crippen LogP) is 4.77. The van der Waals surface area contributed by atoms with E-state index in [1.54, 1.807) is 25.2 Å². The van der Waals surface area contributed by atoms with Crippen LogP contribution >= 0.6 is 23.2 Å². The molecular formula is C15H13Cl2F2N. The van der Waals surface area contributed by atoms with Gasteiger partial charge in [-0.05, 0) is 42.8 Å². The number of benzene rings is 2. The fourth-order valence-electron chi connectivity index (χ4n) is 2.08. The van der Waals surface area contributed by atoms with Gasteiger partial charge >= 0.3 is 0 Å². The normalized spacial score (nSPS) is 12.4. The molecule has 0 spiro atoms. The van der Waals surface area contributed by atoms with Crippen molar-refractivity contribution in [2.24, 2.45) is 0 Å². The molecular weight excluding hydrogens is 303 g/mol. The van der Waals surface area contributed by atoms with Crippen LogP contribution in [0.3, 0.4) is 0 Å². The Hall–Kier alpha value is -1.16. The first-order valence-corrected chi connectivity index (χ1v) is 6.83. The summed E-state index contributed by atoms with van der Waals surface area (Å²) in [6.07, 6.45) is 0.457. The Kier molecular flexibility index (Phi) is 4.97. The molecule has 0 aliphatic rings. The third-order valence-electron chi connectivity index (χ3n) is 3.14. The largest absolute Gasteiger partial charge is 0.313 e. The van der Waals surface area contributed by atoms with Crippen LogP contribution in [0.1, 0.15) is 17.2 Å². The maximum Gasteiger partial charge on any atom is 0.142 e. The Bertz CT molecular complexity index is 617. The molecule has 0 aromatic heterocycles. The van der Waals surface area contributed by atoms with Gasteiger partial charge in [0.1, 0.15) is 11.6 Å². The quantitative estimate of drug-likeness (QED) is 0.856. The van der Waals surface area contributed by atoms with Gasteiger partial charge in [-0.3, -0.25) is 0 Å². The third-order valence-corrected chi connectivity index (χ3v) is 3.89. The highest BCUT2D eigenvalue weighted by Gasteiger charge is 2.16. The molecule has 0 heterocycles. The zero-order valence-electron chi connectivity index (χ0n) is 10.8. The van der Waals surface area contributed by atoms with Gasteiger partial charge in [-0.1, -0.05) is 41.4 Å². The highest BCUT2D eigenvalue weighted by Crippen LogP contribution is 2.29. The first-order valence-electron chi connectivity index (χ1n) is 6.08. The molecule has 0 aliphatic carbocycles. The number of likely N-dealkylation sites (N-methyl/N-ethyl adjacent to an activating group) is 1. The van der Waals surface area contributed by atoms with Gasteiger partial charge in [0.2, 0.25) is 0 Å². The van der Waals surface area contributed by atoms with Crippen molar-refractivity contribution in [1.29, 1.82) is 0 Å². The van der Waals surface area contributed by atoms with E-state index in [0.717, 1.165) is 5.56 Å². The number of rotatable bonds is 4. The van der Waals surface area contributed by atoms with Crippen molar-refractivity contribution in [1.82, 2.24) is 5.32 Å². The van der Waals surface area contributed by atoms with E-state index in [4.69, 9.17) is 23.2 Å². The Labute approximate surface area is 126 Å². The minimum atomic E-state index is -0.454. The summed E-state index contributed by atoms with van der Waals surface area (Å²) in [6.45, 7) is 0. The summed E-state index contributed by atoms with van der Waals surface area (Å²) >= 11 is 12.0. The third kappa shape index (κ3) is 3.29. The predicted molar refractivity (Wildman–Crippen MR) is 78.3 cm³/mol. The van der Waals surface area contributed by atoms with Crippen molar-refractivity contribution < 1.29 is 8.78 Å². The monoisotopic (exact) mass is 315 g/mol. The van der Waals surface area contributed by atoms with Crippen LogP contribution in [0.4, 0.5) is 8.78 Å². The Morgan fingerprint density at radius 3 is 2.55 bits per heavy atom. The van der Waals surface area contributed by atoms with Crippen LogP contribution in [-0.4, -0.2) is 7.05 Å². The summed E-state index contributed by atoms with van der Waals surface area (Å²) in [6, 6.07) is 8.72. The van der Waals surface area contributed by atoms with E-state index in [2.05, 4.69) is 5.32 Å². The molecule has 0 fully saturated rings. The fourth-order valence-corrected chi connectivity index (χ4v) is 2.58. The molecule has 2 aromatic rings. The molecule has 2 rings (SSSR count). The van der Waals surface area contributed by atoms with Crippen molar-refractivity contribution in [3.05, 3.63) is 69.2 Å². The van der Waals surface area contributed by atoms with E-state index in [9.17, 15) is 8.78 Å². The fraction of sp³-hybridized carbons (Fsp3) is 0.200. The molecule has 0 bridgehead atoms. The minimum absolute atomic E-state index is 0.103. The number of hydrogen-bond donors (Lipinski definition) is 1. The van der Waals surface area contributed by atoms with Crippen molar-refractivity contribution >= 4 is 23.2 Å². The molecule has 0 saturated carbocycles. The summed E-state index contributed by atoms with van der Waals surface area (Å²) in [5.41, 5.74) is 1.42. The second-order valence-electron chi connectivity index (χ2n) is 4.42. The molecule has 1 atom stereocenters.